The minimum atomic E-state index is -0.541. The minimum Gasteiger partial charge on any atom is -0.444 e. The number of nitrogens with one attached hydrogen (secondary N) is 1. The molecule has 0 aromatic carbocycles. The Hall–Kier alpha value is -2.61. The second kappa shape index (κ2) is 8.75. The number of piperidine rings is 1. The molecule has 2 bridgehead atoms. The molecule has 3 aliphatic rings. The van der Waals surface area contributed by atoms with Gasteiger partial charge in [-0.1, -0.05) is 25.4 Å². The Balaban J connectivity index is 1.26. The number of pyridine rings is 1. The summed E-state index contributed by atoms with van der Waals surface area (Å²) in [6.45, 7) is 11.7. The highest BCUT2D eigenvalue weighted by molar-refractivity contribution is 6.33. The van der Waals surface area contributed by atoms with Gasteiger partial charge in [-0.25, -0.2) is 9.78 Å². The van der Waals surface area contributed by atoms with Gasteiger partial charge in [0, 0.05) is 48.1 Å². The molecule has 2 fully saturated rings. The van der Waals surface area contributed by atoms with Crippen LogP contribution in [0.5, 0.6) is 0 Å². The summed E-state index contributed by atoms with van der Waals surface area (Å²) in [6.07, 6.45) is 7.94. The van der Waals surface area contributed by atoms with Crippen LogP contribution >= 0.6 is 11.6 Å². The number of carbonyl (C=O) groups excluding carboxylic acids is 2. The van der Waals surface area contributed by atoms with Crippen molar-refractivity contribution >= 4 is 29.4 Å². The van der Waals surface area contributed by atoms with Crippen molar-refractivity contribution in [3.63, 3.8) is 0 Å². The van der Waals surface area contributed by atoms with Crippen molar-refractivity contribution in [2.75, 3.05) is 11.9 Å². The smallest absolute Gasteiger partial charge is 0.410 e. The van der Waals surface area contributed by atoms with Crippen LogP contribution in [-0.4, -0.2) is 49.3 Å². The molecule has 1 N–H and O–H groups in total. The van der Waals surface area contributed by atoms with Crippen LogP contribution in [0.25, 0.3) is 11.1 Å². The van der Waals surface area contributed by atoms with Gasteiger partial charge in [-0.2, -0.15) is 5.10 Å². The molecule has 1 saturated carbocycles. The monoisotopic (exact) mass is 513 g/mol. The molecule has 1 saturated heterocycles. The van der Waals surface area contributed by atoms with E-state index in [-0.39, 0.29) is 23.0 Å². The summed E-state index contributed by atoms with van der Waals surface area (Å²) in [5.74, 6) is 0.837. The number of hydrogen-bond donors (Lipinski definition) is 1. The molecule has 2 aromatic heterocycles. The fourth-order valence-corrected chi connectivity index (χ4v) is 6.36. The molecule has 194 valence electrons. The highest BCUT2D eigenvalue weighted by Crippen LogP contribution is 2.49. The van der Waals surface area contributed by atoms with E-state index in [2.05, 4.69) is 29.2 Å². The summed E-state index contributed by atoms with van der Waals surface area (Å²) in [4.78, 5) is 32.1. The molecule has 36 heavy (non-hydrogen) atoms. The van der Waals surface area contributed by atoms with Crippen molar-refractivity contribution in [1.82, 2.24) is 19.7 Å². The molecule has 5 rings (SSSR count). The number of amides is 2. The van der Waals surface area contributed by atoms with Crippen molar-refractivity contribution in [3.05, 3.63) is 29.2 Å². The van der Waals surface area contributed by atoms with Gasteiger partial charge in [-0.3, -0.25) is 9.48 Å². The van der Waals surface area contributed by atoms with Crippen molar-refractivity contribution in [2.45, 2.75) is 90.8 Å². The first-order valence-corrected chi connectivity index (χ1v) is 13.2. The van der Waals surface area contributed by atoms with Gasteiger partial charge in [0.1, 0.15) is 11.4 Å². The molecule has 0 radical (unpaired) electrons. The second-order valence-electron chi connectivity index (χ2n) is 12.5. The lowest BCUT2D eigenvalue weighted by Crippen LogP contribution is -2.50. The maximum absolute atomic E-state index is 13.0. The Morgan fingerprint density at radius 1 is 1.25 bits per heavy atom. The third kappa shape index (κ3) is 4.84. The quantitative estimate of drug-likeness (QED) is 0.554. The van der Waals surface area contributed by atoms with Crippen molar-refractivity contribution in [2.24, 2.45) is 11.3 Å². The predicted molar refractivity (Wildman–Crippen MR) is 139 cm³/mol. The number of carbonyl (C=O) groups is 2. The van der Waals surface area contributed by atoms with Crippen LogP contribution < -0.4 is 5.32 Å². The van der Waals surface area contributed by atoms with Gasteiger partial charge in [-0.05, 0) is 70.3 Å². The van der Waals surface area contributed by atoms with E-state index in [1.54, 1.807) is 6.20 Å². The highest BCUT2D eigenvalue weighted by atomic mass is 35.5. The van der Waals surface area contributed by atoms with E-state index in [0.29, 0.717) is 36.1 Å². The van der Waals surface area contributed by atoms with Crippen LogP contribution in [0.4, 0.5) is 10.6 Å². The Labute approximate surface area is 217 Å². The highest BCUT2D eigenvalue weighted by Gasteiger charge is 2.53. The first-order chi connectivity index (χ1) is 16.8. The van der Waals surface area contributed by atoms with Gasteiger partial charge >= 0.3 is 6.09 Å². The summed E-state index contributed by atoms with van der Waals surface area (Å²) < 4.78 is 7.70. The molecule has 2 aliphatic heterocycles. The van der Waals surface area contributed by atoms with Crippen LogP contribution in [0.15, 0.2) is 18.5 Å². The van der Waals surface area contributed by atoms with Gasteiger partial charge in [0.2, 0.25) is 5.91 Å². The fourth-order valence-electron chi connectivity index (χ4n) is 6.15. The molecular formula is C27H36ClN5O3. The molecule has 2 unspecified atom stereocenters. The lowest BCUT2D eigenvalue weighted by atomic mass is 9.89. The molecule has 9 heteroatoms. The zero-order valence-corrected chi connectivity index (χ0v) is 22.6. The zero-order chi connectivity index (χ0) is 25.9. The lowest BCUT2D eigenvalue weighted by molar-refractivity contribution is -0.117. The van der Waals surface area contributed by atoms with Crippen LogP contribution in [0.3, 0.4) is 0 Å². The van der Waals surface area contributed by atoms with Gasteiger partial charge in [-0.15, -0.1) is 0 Å². The minimum absolute atomic E-state index is 0.119. The first-order valence-electron chi connectivity index (χ1n) is 12.9. The van der Waals surface area contributed by atoms with Gasteiger partial charge in [0.05, 0.1) is 11.2 Å². The maximum Gasteiger partial charge on any atom is 0.410 e. The topological polar surface area (TPSA) is 89.3 Å². The molecule has 2 atom stereocenters. The largest absolute Gasteiger partial charge is 0.444 e. The van der Waals surface area contributed by atoms with E-state index < -0.39 is 5.60 Å². The van der Waals surface area contributed by atoms with Gasteiger partial charge in [0.25, 0.3) is 0 Å². The first kappa shape index (κ1) is 25.1. The maximum atomic E-state index is 13.0. The number of rotatable bonds is 5. The molecule has 2 aromatic rings. The van der Waals surface area contributed by atoms with Crippen LogP contribution in [0.2, 0.25) is 5.02 Å². The predicted octanol–water partition coefficient (Wildman–Crippen LogP) is 5.69. The lowest BCUT2D eigenvalue weighted by Gasteiger charge is -2.39. The van der Waals surface area contributed by atoms with E-state index in [9.17, 15) is 9.59 Å². The summed E-state index contributed by atoms with van der Waals surface area (Å²) >= 11 is 6.52. The number of fused-ring (bicyclic) bond motifs is 3. The molecular weight excluding hydrogens is 478 g/mol. The number of ether oxygens (including phenoxy) is 1. The van der Waals surface area contributed by atoms with Crippen molar-refractivity contribution in [1.29, 1.82) is 0 Å². The summed E-state index contributed by atoms with van der Waals surface area (Å²) in [7, 11) is 0. The molecule has 4 heterocycles. The normalized spacial score (nSPS) is 24.2. The number of hydrogen-bond acceptors (Lipinski definition) is 5. The van der Waals surface area contributed by atoms with E-state index in [1.165, 1.54) is 0 Å². The van der Waals surface area contributed by atoms with Crippen molar-refractivity contribution < 1.29 is 14.3 Å². The molecule has 0 spiro atoms. The third-order valence-corrected chi connectivity index (χ3v) is 8.02. The number of anilines is 1. The molecule has 8 nitrogen and oxygen atoms in total. The third-order valence-electron chi connectivity index (χ3n) is 7.72. The zero-order valence-electron chi connectivity index (χ0n) is 21.9. The van der Waals surface area contributed by atoms with Crippen LogP contribution in [-0.2, 0) is 22.5 Å². The number of likely N-dealkylation sites (tertiary alicyclic amines) is 1. The van der Waals surface area contributed by atoms with Gasteiger partial charge < -0.3 is 15.0 Å². The van der Waals surface area contributed by atoms with E-state index in [1.807, 2.05) is 42.6 Å². The second-order valence-corrected chi connectivity index (χ2v) is 12.9. The number of halogens is 1. The van der Waals surface area contributed by atoms with Crippen LogP contribution in [0, 0.1) is 11.3 Å². The summed E-state index contributed by atoms with van der Waals surface area (Å²) in [5, 5.41) is 8.02. The summed E-state index contributed by atoms with van der Waals surface area (Å²) in [5.41, 5.74) is 2.28. The van der Waals surface area contributed by atoms with Crippen molar-refractivity contribution in [3.8, 4) is 11.1 Å². The molecule has 2 amide bonds. The average Bonchev–Trinajstić information content (AvgIpc) is 3.51. The Morgan fingerprint density at radius 3 is 2.75 bits per heavy atom. The van der Waals surface area contributed by atoms with Crippen LogP contribution in [0.1, 0.15) is 72.4 Å². The SMILES string of the molecule is CC1(C)Cc2c(-c3cc(NC(=O)CCC45CCC(CN4C(=O)OC(C)(C)C)C5)ncc3Cl)cnn2C1. The fraction of sp³-hybridized carbons (Fsp3) is 0.630. The average molecular weight is 514 g/mol. The Kier molecular flexibility index (Phi) is 6.09. The van der Waals surface area contributed by atoms with Gasteiger partial charge in [0.15, 0.2) is 0 Å². The Bertz CT molecular complexity index is 1200. The standard InChI is InChI=1S/C27H36ClN5O3/c1-25(2,3)36-24(35)32-15-17-6-8-27(32,11-17)9-7-23(34)31-22-10-18(20(28)14-29-22)19-13-30-33-16-26(4,5)12-21(19)33/h10,13-14,17H,6-9,11-12,15-16H2,1-5H3,(H,29,31,34). The number of aromatic nitrogens is 3. The van der Waals surface area contributed by atoms with E-state index in [4.69, 9.17) is 16.3 Å². The summed E-state index contributed by atoms with van der Waals surface area (Å²) in [6, 6.07) is 1.83. The number of nitrogens with zero attached hydrogens (tertiary/aromatic N) is 4. The molecule has 1 aliphatic carbocycles. The Morgan fingerprint density at radius 2 is 2.03 bits per heavy atom. The van der Waals surface area contributed by atoms with E-state index >= 15 is 0 Å². The van der Waals surface area contributed by atoms with E-state index in [0.717, 1.165) is 49.0 Å².